The molecule has 1 aliphatic rings. The van der Waals surface area contributed by atoms with E-state index >= 15 is 0 Å². The molecule has 1 saturated heterocycles. The van der Waals surface area contributed by atoms with Gasteiger partial charge in [-0.1, -0.05) is 12.1 Å². The topological polar surface area (TPSA) is 204 Å². The zero-order chi connectivity index (χ0) is 28.3. The third-order valence-electron chi connectivity index (χ3n) is 6.32. The van der Waals surface area contributed by atoms with Gasteiger partial charge in [0.25, 0.3) is 10.9 Å². The molecule has 1 fully saturated rings. The summed E-state index contributed by atoms with van der Waals surface area (Å²) >= 11 is 0. The van der Waals surface area contributed by atoms with Crippen LogP contribution in [0.3, 0.4) is 0 Å². The SMILES string of the molecule is COC(=O)[C@H](Cc1ccc(O)cc1)Nc1c(Nc2ccc(O[C@H]3O[C@H](CO)[C@@H](O)[C@H](O)[C@@H]3O)cc2)c(=O)c1=O. The van der Waals surface area contributed by atoms with Gasteiger partial charge in [0.2, 0.25) is 6.29 Å². The van der Waals surface area contributed by atoms with E-state index in [0.29, 0.717) is 11.3 Å². The predicted octanol–water partition coefficient (Wildman–Crippen LogP) is -0.893. The number of methoxy groups -OCH3 is 1. The number of rotatable bonds is 10. The minimum Gasteiger partial charge on any atom is -0.508 e. The van der Waals surface area contributed by atoms with Gasteiger partial charge >= 0.3 is 5.97 Å². The highest BCUT2D eigenvalue weighted by atomic mass is 16.7. The number of hydrogen-bond donors (Lipinski definition) is 7. The molecular weight excluding hydrogens is 516 g/mol. The van der Waals surface area contributed by atoms with Gasteiger partial charge in [-0.2, -0.15) is 0 Å². The van der Waals surface area contributed by atoms with Gasteiger partial charge < -0.3 is 50.4 Å². The lowest BCUT2D eigenvalue weighted by Crippen LogP contribution is -2.60. The van der Waals surface area contributed by atoms with Crippen LogP contribution in [-0.2, 0) is 20.7 Å². The van der Waals surface area contributed by atoms with E-state index in [9.17, 15) is 39.9 Å². The summed E-state index contributed by atoms with van der Waals surface area (Å²) in [5.74, 6) is -0.399. The molecule has 13 nitrogen and oxygen atoms in total. The first-order valence-electron chi connectivity index (χ1n) is 11.9. The molecule has 39 heavy (non-hydrogen) atoms. The van der Waals surface area contributed by atoms with E-state index in [4.69, 9.17) is 14.2 Å². The molecule has 0 aromatic heterocycles. The van der Waals surface area contributed by atoms with Gasteiger partial charge in [-0.15, -0.1) is 0 Å². The van der Waals surface area contributed by atoms with Gasteiger partial charge in [-0.3, -0.25) is 9.59 Å². The Labute approximate surface area is 221 Å². The summed E-state index contributed by atoms with van der Waals surface area (Å²) in [7, 11) is 1.20. The average molecular weight is 545 g/mol. The van der Waals surface area contributed by atoms with Crippen molar-refractivity contribution in [2.75, 3.05) is 24.4 Å². The van der Waals surface area contributed by atoms with E-state index in [0.717, 1.165) is 0 Å². The van der Waals surface area contributed by atoms with Crippen LogP contribution in [0.25, 0.3) is 0 Å². The molecule has 0 amide bonds. The number of anilines is 3. The molecule has 13 heteroatoms. The van der Waals surface area contributed by atoms with E-state index < -0.39 is 60.2 Å². The van der Waals surface area contributed by atoms with Crippen molar-refractivity contribution in [3.63, 3.8) is 0 Å². The molecule has 6 atom stereocenters. The van der Waals surface area contributed by atoms with Gasteiger partial charge in [-0.05, 0) is 42.0 Å². The number of aliphatic hydroxyl groups is 4. The lowest BCUT2D eigenvalue weighted by molar-refractivity contribution is -0.277. The Balaban J connectivity index is 1.45. The number of nitrogens with one attached hydrogen (secondary N) is 2. The van der Waals surface area contributed by atoms with Crippen molar-refractivity contribution in [2.45, 2.75) is 43.2 Å². The fourth-order valence-electron chi connectivity index (χ4n) is 4.09. The number of hydrogen-bond acceptors (Lipinski definition) is 13. The van der Waals surface area contributed by atoms with Crippen molar-refractivity contribution in [1.82, 2.24) is 0 Å². The van der Waals surface area contributed by atoms with Crippen LogP contribution in [0, 0.1) is 0 Å². The van der Waals surface area contributed by atoms with Crippen molar-refractivity contribution in [2.24, 2.45) is 0 Å². The highest BCUT2D eigenvalue weighted by molar-refractivity contribution is 5.85. The lowest BCUT2D eigenvalue weighted by Gasteiger charge is -2.39. The summed E-state index contributed by atoms with van der Waals surface area (Å²) in [6.45, 7) is -0.600. The van der Waals surface area contributed by atoms with Gasteiger partial charge in [0, 0.05) is 12.1 Å². The summed E-state index contributed by atoms with van der Waals surface area (Å²) in [6, 6.07) is 11.1. The maximum absolute atomic E-state index is 12.4. The van der Waals surface area contributed by atoms with Crippen LogP contribution in [0.1, 0.15) is 5.56 Å². The maximum Gasteiger partial charge on any atom is 0.328 e. The molecule has 3 aromatic rings. The van der Waals surface area contributed by atoms with E-state index in [2.05, 4.69) is 10.6 Å². The number of phenols is 1. The van der Waals surface area contributed by atoms with Crippen molar-refractivity contribution >= 4 is 23.0 Å². The van der Waals surface area contributed by atoms with E-state index in [-0.39, 0.29) is 29.3 Å². The molecule has 0 radical (unpaired) electrons. The molecular formula is C26H28N2O11. The second-order valence-corrected chi connectivity index (χ2v) is 8.96. The molecule has 208 valence electrons. The molecule has 3 aromatic carbocycles. The van der Waals surface area contributed by atoms with Crippen LogP contribution < -0.4 is 26.2 Å². The second kappa shape index (κ2) is 11.8. The summed E-state index contributed by atoms with van der Waals surface area (Å²) in [5.41, 5.74) is -0.663. The lowest BCUT2D eigenvalue weighted by atomic mass is 9.99. The van der Waals surface area contributed by atoms with Crippen molar-refractivity contribution in [1.29, 1.82) is 0 Å². The first-order valence-corrected chi connectivity index (χ1v) is 11.9. The van der Waals surface area contributed by atoms with Crippen LogP contribution in [0.15, 0.2) is 58.1 Å². The molecule has 0 bridgehead atoms. The van der Waals surface area contributed by atoms with Crippen LogP contribution in [0.2, 0.25) is 0 Å². The Morgan fingerprint density at radius 3 is 2.21 bits per heavy atom. The van der Waals surface area contributed by atoms with Crippen LogP contribution in [-0.4, -0.2) is 82.0 Å². The fraction of sp³-hybridized carbons (Fsp3) is 0.346. The Morgan fingerprint density at radius 1 is 0.949 bits per heavy atom. The van der Waals surface area contributed by atoms with Gasteiger partial charge in [0.15, 0.2) is 0 Å². The summed E-state index contributed by atoms with van der Waals surface area (Å²) in [6.07, 6.45) is -7.07. The first-order chi connectivity index (χ1) is 18.6. The van der Waals surface area contributed by atoms with E-state index in [1.165, 1.54) is 43.5 Å². The smallest absolute Gasteiger partial charge is 0.328 e. The largest absolute Gasteiger partial charge is 0.508 e. The molecule has 4 rings (SSSR count). The van der Waals surface area contributed by atoms with E-state index in [1.807, 2.05) is 0 Å². The number of carbonyl (C=O) groups excluding carboxylic acids is 1. The zero-order valence-corrected chi connectivity index (χ0v) is 20.7. The van der Waals surface area contributed by atoms with Crippen molar-refractivity contribution in [3.05, 3.63) is 74.5 Å². The molecule has 7 N–H and O–H groups in total. The maximum atomic E-state index is 12.4. The number of carbonyl (C=O) groups is 1. The third-order valence-corrected chi connectivity index (χ3v) is 6.32. The quantitative estimate of drug-likeness (QED) is 0.122. The average Bonchev–Trinajstić information content (AvgIpc) is 2.95. The highest BCUT2D eigenvalue weighted by Crippen LogP contribution is 2.27. The molecule has 0 spiro atoms. The normalized spacial score (nSPS) is 23.7. The number of ether oxygens (including phenoxy) is 3. The second-order valence-electron chi connectivity index (χ2n) is 8.96. The molecule has 0 aliphatic carbocycles. The number of aliphatic hydroxyl groups excluding tert-OH is 4. The Hall–Kier alpha value is -4.01. The summed E-state index contributed by atoms with van der Waals surface area (Å²) in [4.78, 5) is 36.9. The molecule has 1 aliphatic heterocycles. The monoisotopic (exact) mass is 544 g/mol. The van der Waals surface area contributed by atoms with Crippen molar-refractivity contribution in [3.8, 4) is 11.5 Å². The van der Waals surface area contributed by atoms with Crippen LogP contribution in [0.4, 0.5) is 17.1 Å². The van der Waals surface area contributed by atoms with Crippen LogP contribution >= 0.6 is 0 Å². The Bertz CT molecular complexity index is 1350. The summed E-state index contributed by atoms with van der Waals surface area (Å²) < 4.78 is 15.7. The van der Waals surface area contributed by atoms with Gasteiger partial charge in [-0.25, -0.2) is 4.79 Å². The highest BCUT2D eigenvalue weighted by Gasteiger charge is 2.44. The molecule has 0 unspecified atom stereocenters. The number of phenolic OH excluding ortho intramolecular Hbond substituents is 1. The Morgan fingerprint density at radius 2 is 1.59 bits per heavy atom. The minimum absolute atomic E-state index is 0.0535. The number of benzene rings is 2. The minimum atomic E-state index is -1.59. The predicted molar refractivity (Wildman–Crippen MR) is 137 cm³/mol. The third kappa shape index (κ3) is 6.02. The van der Waals surface area contributed by atoms with Gasteiger partial charge in [0.1, 0.15) is 53.3 Å². The van der Waals surface area contributed by atoms with Gasteiger partial charge in [0.05, 0.1) is 13.7 Å². The molecule has 0 saturated carbocycles. The standard InChI is InChI=1S/C26H28N2O11/c1-37-25(36)16(10-12-2-6-14(30)7-3-12)28-19-18(21(32)22(19)33)27-13-4-8-15(9-5-13)38-26-24(35)23(34)20(31)17(11-29)39-26/h2-9,16-17,20,23-24,26-31,34-35H,10-11H2,1H3/t16-,17+,20+,23-,24-,26-/m0/s1. The zero-order valence-electron chi connectivity index (χ0n) is 20.7. The molecule has 1 heterocycles. The first kappa shape index (κ1) is 28.0. The van der Waals surface area contributed by atoms with Crippen molar-refractivity contribution < 1.29 is 44.5 Å². The number of aromatic hydroxyl groups is 1. The van der Waals surface area contributed by atoms with E-state index in [1.54, 1.807) is 12.1 Å². The van der Waals surface area contributed by atoms with Crippen LogP contribution in [0.5, 0.6) is 11.5 Å². The number of esters is 1. The Kier molecular flexibility index (Phi) is 8.47. The fourth-order valence-corrected chi connectivity index (χ4v) is 4.09. The summed E-state index contributed by atoms with van der Waals surface area (Å²) in [5, 5.41) is 54.3.